The van der Waals surface area contributed by atoms with Crippen LogP contribution in [0.15, 0.2) is 53.4 Å². The van der Waals surface area contributed by atoms with Crippen molar-refractivity contribution >= 4 is 37.6 Å². The van der Waals surface area contributed by atoms with Crippen molar-refractivity contribution in [3.8, 4) is 5.75 Å². The molecule has 0 bridgehead atoms. The van der Waals surface area contributed by atoms with E-state index in [1.807, 2.05) is 0 Å². The van der Waals surface area contributed by atoms with Gasteiger partial charge in [-0.25, -0.2) is 0 Å². The van der Waals surface area contributed by atoms with Gasteiger partial charge in [0, 0.05) is 5.33 Å². The minimum atomic E-state index is -3.86. The Balaban J connectivity index is 2.36. The van der Waals surface area contributed by atoms with Crippen molar-refractivity contribution in [2.75, 3.05) is 0 Å². The molecule has 0 atom stereocenters. The first-order valence-corrected chi connectivity index (χ1v) is 8.27. The maximum Gasteiger partial charge on any atom is 0.339 e. The maximum absolute atomic E-state index is 12.1. The topological polar surface area (TPSA) is 43.4 Å². The molecule has 0 saturated heterocycles. The van der Waals surface area contributed by atoms with Gasteiger partial charge in [-0.15, -0.1) is 0 Å². The van der Waals surface area contributed by atoms with E-state index < -0.39 is 10.1 Å². The fourth-order valence-electron chi connectivity index (χ4n) is 1.45. The zero-order valence-corrected chi connectivity index (χ0v) is 12.9. The molecule has 0 saturated carbocycles. The molecule has 0 aliphatic carbocycles. The van der Waals surface area contributed by atoms with Gasteiger partial charge in [-0.3, -0.25) is 0 Å². The summed E-state index contributed by atoms with van der Waals surface area (Å²) in [7, 11) is -3.86. The number of alkyl halides is 1. The van der Waals surface area contributed by atoms with Gasteiger partial charge in [0.2, 0.25) is 0 Å². The van der Waals surface area contributed by atoms with Crippen molar-refractivity contribution in [1.82, 2.24) is 0 Å². The van der Waals surface area contributed by atoms with E-state index in [1.54, 1.807) is 36.4 Å². The summed E-state index contributed by atoms with van der Waals surface area (Å²) in [6.45, 7) is 0. The average Bonchev–Trinajstić information content (AvgIpc) is 2.42. The highest BCUT2D eigenvalue weighted by Gasteiger charge is 2.17. The Hall–Kier alpha value is -1.04. The average molecular weight is 362 g/mol. The molecule has 19 heavy (non-hydrogen) atoms. The van der Waals surface area contributed by atoms with E-state index in [2.05, 4.69) is 15.9 Å². The van der Waals surface area contributed by atoms with Crippen LogP contribution in [0.2, 0.25) is 5.02 Å². The third-order valence-corrected chi connectivity index (χ3v) is 4.59. The van der Waals surface area contributed by atoms with Crippen LogP contribution in [0.25, 0.3) is 0 Å². The predicted molar refractivity (Wildman–Crippen MR) is 78.3 cm³/mol. The lowest BCUT2D eigenvalue weighted by Crippen LogP contribution is -2.10. The first-order chi connectivity index (χ1) is 9.03. The second-order valence-corrected chi connectivity index (χ2v) is 6.26. The summed E-state index contributed by atoms with van der Waals surface area (Å²) < 4.78 is 29.2. The Morgan fingerprint density at radius 2 is 1.79 bits per heavy atom. The highest BCUT2D eigenvalue weighted by atomic mass is 79.9. The van der Waals surface area contributed by atoms with Gasteiger partial charge in [0.25, 0.3) is 0 Å². The van der Waals surface area contributed by atoms with Gasteiger partial charge in [-0.1, -0.05) is 51.8 Å². The monoisotopic (exact) mass is 360 g/mol. The fraction of sp³-hybridized carbons (Fsp3) is 0.0769. The molecule has 2 aromatic carbocycles. The molecule has 0 aliphatic heterocycles. The van der Waals surface area contributed by atoms with Crippen LogP contribution in [0.3, 0.4) is 0 Å². The molecule has 0 amide bonds. The number of hydrogen-bond acceptors (Lipinski definition) is 3. The molecule has 3 nitrogen and oxygen atoms in total. The van der Waals surface area contributed by atoms with Crippen LogP contribution in [0.1, 0.15) is 5.56 Å². The van der Waals surface area contributed by atoms with Crippen LogP contribution in [0, 0.1) is 0 Å². The number of benzene rings is 2. The first kappa shape index (κ1) is 14.4. The molecule has 100 valence electrons. The van der Waals surface area contributed by atoms with Crippen molar-refractivity contribution in [2.24, 2.45) is 0 Å². The Morgan fingerprint density at radius 1 is 1.11 bits per heavy atom. The molecule has 2 aromatic rings. The largest absolute Gasteiger partial charge is 0.377 e. The molecule has 6 heteroatoms. The molecule has 0 aliphatic rings. The van der Waals surface area contributed by atoms with E-state index in [4.69, 9.17) is 15.8 Å². The van der Waals surface area contributed by atoms with Gasteiger partial charge in [-0.2, -0.15) is 8.42 Å². The summed E-state index contributed by atoms with van der Waals surface area (Å²) in [5.41, 5.74) is 0.877. The summed E-state index contributed by atoms with van der Waals surface area (Å²) >= 11 is 9.23. The zero-order valence-electron chi connectivity index (χ0n) is 9.71. The zero-order chi connectivity index (χ0) is 13.9. The summed E-state index contributed by atoms with van der Waals surface area (Å²) in [6, 6.07) is 12.9. The van der Waals surface area contributed by atoms with E-state index in [-0.39, 0.29) is 15.7 Å². The predicted octanol–water partition coefficient (Wildman–Crippen LogP) is 4.00. The van der Waals surface area contributed by atoms with Crippen molar-refractivity contribution in [1.29, 1.82) is 0 Å². The lowest BCUT2D eigenvalue weighted by atomic mass is 10.2. The molecule has 0 unspecified atom stereocenters. The Labute approximate surface area is 125 Å². The van der Waals surface area contributed by atoms with Crippen molar-refractivity contribution in [3.05, 3.63) is 59.1 Å². The van der Waals surface area contributed by atoms with Gasteiger partial charge in [-0.05, 0) is 29.8 Å². The van der Waals surface area contributed by atoms with Crippen molar-refractivity contribution in [3.63, 3.8) is 0 Å². The van der Waals surface area contributed by atoms with Gasteiger partial charge < -0.3 is 4.18 Å². The van der Waals surface area contributed by atoms with Crippen LogP contribution in [0.5, 0.6) is 5.75 Å². The third-order valence-electron chi connectivity index (χ3n) is 2.38. The molecular weight excluding hydrogens is 352 g/mol. The number of rotatable bonds is 4. The lowest BCUT2D eigenvalue weighted by molar-refractivity contribution is 0.486. The summed E-state index contributed by atoms with van der Waals surface area (Å²) in [5, 5.41) is 0.843. The van der Waals surface area contributed by atoms with Crippen molar-refractivity contribution < 1.29 is 12.6 Å². The molecular formula is C13H10BrClO3S. The maximum atomic E-state index is 12.1. The molecule has 0 spiro atoms. The second kappa shape index (κ2) is 5.94. The minimum absolute atomic E-state index is 0.0929. The van der Waals surface area contributed by atoms with Crippen LogP contribution in [0.4, 0.5) is 0 Å². The van der Waals surface area contributed by atoms with E-state index in [0.717, 1.165) is 5.56 Å². The quantitative estimate of drug-likeness (QED) is 0.610. The van der Waals surface area contributed by atoms with E-state index >= 15 is 0 Å². The van der Waals surface area contributed by atoms with Crippen LogP contribution in [-0.2, 0) is 15.4 Å². The van der Waals surface area contributed by atoms with E-state index in [0.29, 0.717) is 5.33 Å². The Kier molecular flexibility index (Phi) is 4.50. The van der Waals surface area contributed by atoms with Gasteiger partial charge in [0.15, 0.2) is 5.75 Å². The first-order valence-electron chi connectivity index (χ1n) is 5.37. The summed E-state index contributed by atoms with van der Waals surface area (Å²) in [6.07, 6.45) is 0. The third kappa shape index (κ3) is 3.49. The Morgan fingerprint density at radius 3 is 2.42 bits per heavy atom. The highest BCUT2D eigenvalue weighted by molar-refractivity contribution is 9.08. The van der Waals surface area contributed by atoms with E-state index in [1.165, 1.54) is 12.1 Å². The van der Waals surface area contributed by atoms with Crippen LogP contribution >= 0.6 is 27.5 Å². The number of halogens is 2. The smallest absolute Gasteiger partial charge is 0.339 e. The minimum Gasteiger partial charge on any atom is -0.377 e. The lowest BCUT2D eigenvalue weighted by Gasteiger charge is -2.09. The second-order valence-electron chi connectivity index (χ2n) is 3.75. The van der Waals surface area contributed by atoms with Gasteiger partial charge in [0.05, 0.1) is 5.02 Å². The SMILES string of the molecule is O=S(=O)(Oc1cc(CBr)ccc1Cl)c1ccccc1. The van der Waals surface area contributed by atoms with Crippen LogP contribution < -0.4 is 4.18 Å². The summed E-state index contributed by atoms with van der Waals surface area (Å²) in [5.74, 6) is 0.127. The molecule has 0 N–H and O–H groups in total. The van der Waals surface area contributed by atoms with Gasteiger partial charge in [0.1, 0.15) is 4.90 Å². The number of hydrogen-bond donors (Lipinski definition) is 0. The molecule has 0 radical (unpaired) electrons. The molecule has 2 rings (SSSR count). The fourth-order valence-corrected chi connectivity index (χ4v) is 2.96. The molecule has 0 heterocycles. The Bertz CT molecular complexity index is 672. The normalized spacial score (nSPS) is 11.3. The standard InChI is InChI=1S/C13H10BrClO3S/c14-9-10-6-7-12(15)13(8-10)18-19(16,17)11-4-2-1-3-5-11/h1-8H,9H2. The van der Waals surface area contributed by atoms with Crippen molar-refractivity contribution in [2.45, 2.75) is 10.2 Å². The molecule has 0 aromatic heterocycles. The van der Waals surface area contributed by atoms with Gasteiger partial charge >= 0.3 is 10.1 Å². The molecule has 0 fully saturated rings. The van der Waals surface area contributed by atoms with Crippen LogP contribution in [-0.4, -0.2) is 8.42 Å². The summed E-state index contributed by atoms with van der Waals surface area (Å²) in [4.78, 5) is 0.0929. The highest BCUT2D eigenvalue weighted by Crippen LogP contribution is 2.29. The van der Waals surface area contributed by atoms with E-state index in [9.17, 15) is 8.42 Å².